The number of carbonyl (C=O) groups is 1. The van der Waals surface area contributed by atoms with Crippen LogP contribution in [0.2, 0.25) is 0 Å². The average Bonchev–Trinajstić information content (AvgIpc) is 3.41. The third-order valence-electron chi connectivity index (χ3n) is 6.92. The van der Waals surface area contributed by atoms with E-state index in [4.69, 9.17) is 14.6 Å². The molecule has 5 atom stereocenters. The number of aliphatic hydroxyl groups is 1. The second kappa shape index (κ2) is 12.6. The minimum absolute atomic E-state index is 0.0260. The third kappa shape index (κ3) is 7.14. The Morgan fingerprint density at radius 3 is 2.91 bits per heavy atom. The lowest BCUT2D eigenvalue weighted by Gasteiger charge is -2.29. The summed E-state index contributed by atoms with van der Waals surface area (Å²) in [5, 5.41) is 20.9. The maximum Gasteiger partial charge on any atom is 0.303 e. The number of benzene rings is 1. The predicted octanol–water partition coefficient (Wildman–Crippen LogP) is 6.80. The molecule has 35 heavy (non-hydrogen) atoms. The van der Waals surface area contributed by atoms with Gasteiger partial charge in [-0.1, -0.05) is 54.7 Å². The summed E-state index contributed by atoms with van der Waals surface area (Å²) in [4.78, 5) is 11.7. The highest BCUT2D eigenvalue weighted by atomic mass is 32.1. The fourth-order valence-electron chi connectivity index (χ4n) is 5.02. The number of carboxylic acid groups (broad SMARTS) is 1. The summed E-state index contributed by atoms with van der Waals surface area (Å²) >= 11 is 1.62. The van der Waals surface area contributed by atoms with Crippen LogP contribution >= 0.6 is 11.3 Å². The molecule has 2 aliphatic rings. The minimum atomic E-state index is -0.755. The Morgan fingerprint density at radius 1 is 1.29 bits per heavy atom. The lowest BCUT2D eigenvalue weighted by molar-refractivity contribution is -0.192. The first kappa shape index (κ1) is 25.8. The molecule has 0 radical (unpaired) electrons. The predicted molar refractivity (Wildman–Crippen MR) is 140 cm³/mol. The second-order valence-corrected chi connectivity index (χ2v) is 10.6. The number of fused-ring (bicyclic) bond motifs is 1. The summed E-state index contributed by atoms with van der Waals surface area (Å²) in [5.41, 5.74) is 1.16. The van der Waals surface area contributed by atoms with Gasteiger partial charge in [-0.2, -0.15) is 0 Å². The van der Waals surface area contributed by atoms with Gasteiger partial charge in [-0.05, 0) is 68.4 Å². The topological polar surface area (TPSA) is 76.0 Å². The molecule has 2 heterocycles. The maximum atomic E-state index is 10.9. The smallest absolute Gasteiger partial charge is 0.303 e. The molecule has 5 nitrogen and oxygen atoms in total. The highest BCUT2D eigenvalue weighted by Crippen LogP contribution is 2.42. The molecule has 0 spiro atoms. The van der Waals surface area contributed by atoms with Crippen LogP contribution in [0.1, 0.15) is 62.3 Å². The number of rotatable bonds is 11. The van der Waals surface area contributed by atoms with Crippen LogP contribution < -0.4 is 0 Å². The second-order valence-electron chi connectivity index (χ2n) is 9.53. The van der Waals surface area contributed by atoms with Gasteiger partial charge in [-0.15, -0.1) is 11.3 Å². The van der Waals surface area contributed by atoms with Gasteiger partial charge in [-0.25, -0.2) is 0 Å². The van der Waals surface area contributed by atoms with E-state index in [1.807, 2.05) is 18.2 Å². The molecule has 1 unspecified atom stereocenters. The normalized spacial score (nSPS) is 26.3. The van der Waals surface area contributed by atoms with Gasteiger partial charge in [0.05, 0.1) is 6.10 Å². The number of aliphatic hydroxyl groups excluding tert-OH is 1. The van der Waals surface area contributed by atoms with Crippen LogP contribution in [-0.4, -0.2) is 35.2 Å². The van der Waals surface area contributed by atoms with E-state index < -0.39 is 12.1 Å². The molecule has 2 aromatic rings. The number of ether oxygens (including phenoxy) is 2. The van der Waals surface area contributed by atoms with E-state index in [0.717, 1.165) is 61.0 Å². The van der Waals surface area contributed by atoms with Crippen molar-refractivity contribution in [3.05, 3.63) is 71.7 Å². The highest BCUT2D eigenvalue weighted by Gasteiger charge is 2.39. The van der Waals surface area contributed by atoms with E-state index in [1.165, 1.54) is 4.70 Å². The van der Waals surface area contributed by atoms with Crippen molar-refractivity contribution in [1.29, 1.82) is 0 Å². The summed E-state index contributed by atoms with van der Waals surface area (Å²) in [5.74, 6) is -0.444. The molecule has 4 rings (SSSR count). The fraction of sp³-hybridized carbons (Fsp3) is 0.483. The lowest BCUT2D eigenvalue weighted by atomic mass is 9.89. The van der Waals surface area contributed by atoms with E-state index in [-0.39, 0.29) is 30.7 Å². The van der Waals surface area contributed by atoms with Crippen molar-refractivity contribution in [3.63, 3.8) is 0 Å². The van der Waals surface area contributed by atoms with Crippen molar-refractivity contribution in [1.82, 2.24) is 0 Å². The number of allylic oxidation sites excluding steroid dienone is 2. The molecule has 1 aromatic heterocycles. The first-order valence-corrected chi connectivity index (χ1v) is 13.5. The zero-order chi connectivity index (χ0) is 24.6. The van der Waals surface area contributed by atoms with Gasteiger partial charge < -0.3 is 19.7 Å². The summed E-state index contributed by atoms with van der Waals surface area (Å²) in [6, 6.07) is 10.2. The summed E-state index contributed by atoms with van der Waals surface area (Å²) in [7, 11) is 0. The molecular weight excluding hydrogens is 460 g/mol. The van der Waals surface area contributed by atoms with Crippen LogP contribution in [-0.2, 0) is 14.3 Å². The van der Waals surface area contributed by atoms with E-state index in [1.54, 1.807) is 11.3 Å². The number of unbranched alkanes of at least 4 members (excludes halogenated alkanes) is 1. The first-order chi connectivity index (χ1) is 17.0. The largest absolute Gasteiger partial charge is 0.481 e. The zero-order valence-corrected chi connectivity index (χ0v) is 21.0. The maximum absolute atomic E-state index is 10.9. The fourth-order valence-corrected chi connectivity index (χ4v) is 6.05. The SMILES string of the molecule is C=C1C[C@@H](OC2CCCCO2)[C@H](C=C[C@@H](O)c2cc3ccccc3s2)[C@H]1CC=CCCCC(=O)O. The standard InChI is InChI=1S/C29H36O5S/c1-20-18-25(34-29-14-8-9-17-33-29)23(22(20)11-4-2-3-5-13-28(31)32)15-16-24(30)27-19-21-10-6-7-12-26(21)35-27/h2,4,6-7,10,12,15-16,19,22-25,29-30H,1,3,5,8-9,11,13-14,17-18H2,(H,31,32)/t22-,23+,24+,25+,29?/m0/s1. The van der Waals surface area contributed by atoms with Crippen molar-refractivity contribution in [2.24, 2.45) is 11.8 Å². The quantitative estimate of drug-likeness (QED) is 0.264. The van der Waals surface area contributed by atoms with Gasteiger partial charge >= 0.3 is 5.97 Å². The molecule has 6 heteroatoms. The van der Waals surface area contributed by atoms with Gasteiger partial charge in [0.1, 0.15) is 6.10 Å². The number of aliphatic carboxylic acids is 1. The van der Waals surface area contributed by atoms with Crippen molar-refractivity contribution in [2.75, 3.05) is 6.61 Å². The molecule has 1 aromatic carbocycles. The van der Waals surface area contributed by atoms with E-state index >= 15 is 0 Å². The van der Waals surface area contributed by atoms with E-state index in [0.29, 0.717) is 6.42 Å². The minimum Gasteiger partial charge on any atom is -0.481 e. The van der Waals surface area contributed by atoms with E-state index in [9.17, 15) is 9.90 Å². The summed E-state index contributed by atoms with van der Waals surface area (Å²) in [6.07, 6.45) is 13.7. The van der Waals surface area contributed by atoms with Gasteiger partial charge in [0, 0.05) is 28.5 Å². The van der Waals surface area contributed by atoms with Gasteiger partial charge in [0.15, 0.2) is 6.29 Å². The van der Waals surface area contributed by atoms with Gasteiger partial charge in [-0.3, -0.25) is 4.79 Å². The first-order valence-electron chi connectivity index (χ1n) is 12.7. The summed E-state index contributed by atoms with van der Waals surface area (Å²) in [6.45, 7) is 5.10. The highest BCUT2D eigenvalue weighted by molar-refractivity contribution is 7.19. The average molecular weight is 497 g/mol. The molecule has 1 aliphatic carbocycles. The van der Waals surface area contributed by atoms with Crippen molar-refractivity contribution in [3.8, 4) is 0 Å². The van der Waals surface area contributed by atoms with Crippen LogP contribution in [0.5, 0.6) is 0 Å². The van der Waals surface area contributed by atoms with Crippen LogP contribution in [0.15, 0.2) is 66.8 Å². The molecule has 1 saturated carbocycles. The number of carboxylic acids is 1. The van der Waals surface area contributed by atoms with Crippen LogP contribution in [0.25, 0.3) is 10.1 Å². The zero-order valence-electron chi connectivity index (χ0n) is 20.2. The Morgan fingerprint density at radius 2 is 2.14 bits per heavy atom. The van der Waals surface area contributed by atoms with Crippen molar-refractivity contribution < 1.29 is 24.5 Å². The lowest BCUT2D eigenvalue weighted by Crippen LogP contribution is -2.30. The Kier molecular flexibility index (Phi) is 9.32. The molecule has 188 valence electrons. The molecule has 2 fully saturated rings. The molecule has 2 N–H and O–H groups in total. The van der Waals surface area contributed by atoms with Crippen molar-refractivity contribution in [2.45, 2.75) is 69.9 Å². The Labute approximate surface area is 211 Å². The van der Waals surface area contributed by atoms with E-state index in [2.05, 4.69) is 43.0 Å². The Hall–Kier alpha value is -2.25. The molecule has 0 amide bonds. The Bertz CT molecular complexity index is 1020. The van der Waals surface area contributed by atoms with Crippen LogP contribution in [0, 0.1) is 11.8 Å². The molecule has 1 saturated heterocycles. The summed E-state index contributed by atoms with van der Waals surface area (Å²) < 4.78 is 13.4. The number of thiophene rings is 1. The molecule has 1 aliphatic heterocycles. The van der Waals surface area contributed by atoms with Gasteiger partial charge in [0.2, 0.25) is 0 Å². The van der Waals surface area contributed by atoms with Crippen LogP contribution in [0.4, 0.5) is 0 Å². The van der Waals surface area contributed by atoms with Crippen LogP contribution in [0.3, 0.4) is 0 Å². The molecule has 0 bridgehead atoms. The van der Waals surface area contributed by atoms with Gasteiger partial charge in [0.25, 0.3) is 0 Å². The molecular formula is C29H36O5S. The Balaban J connectivity index is 1.45. The monoisotopic (exact) mass is 496 g/mol. The van der Waals surface area contributed by atoms with Crippen molar-refractivity contribution >= 4 is 27.4 Å². The third-order valence-corrected chi connectivity index (χ3v) is 8.10. The number of hydrogen-bond donors (Lipinski definition) is 2. The number of hydrogen-bond acceptors (Lipinski definition) is 5.